The maximum Gasteiger partial charge on any atom is 0.416 e. The van der Waals surface area contributed by atoms with Gasteiger partial charge in [-0.05, 0) is 56.7 Å². The van der Waals surface area contributed by atoms with Crippen molar-refractivity contribution in [1.29, 1.82) is 0 Å². The Labute approximate surface area is 176 Å². The van der Waals surface area contributed by atoms with Gasteiger partial charge in [0.05, 0.1) is 12.1 Å². The third-order valence-corrected chi connectivity index (χ3v) is 6.09. The molecular formula is C21H33F3N6. The highest BCUT2D eigenvalue weighted by Gasteiger charge is 2.31. The third kappa shape index (κ3) is 5.78. The number of hydrogen-bond donors (Lipinski definition) is 2. The summed E-state index contributed by atoms with van der Waals surface area (Å²) in [5, 5.41) is 3.15. The number of nitrogens with zero attached hydrogens (tertiary/aromatic N) is 4. The number of likely N-dealkylation sites (N-methyl/N-ethyl adjacent to an activating group) is 2. The van der Waals surface area contributed by atoms with E-state index in [1.807, 2.05) is 7.05 Å². The van der Waals surface area contributed by atoms with Crippen molar-refractivity contribution in [1.82, 2.24) is 15.1 Å². The van der Waals surface area contributed by atoms with Gasteiger partial charge in [-0.2, -0.15) is 13.2 Å². The van der Waals surface area contributed by atoms with Crippen LogP contribution < -0.4 is 16.0 Å². The highest BCUT2D eigenvalue weighted by Crippen LogP contribution is 2.33. The van der Waals surface area contributed by atoms with Crippen LogP contribution in [0.5, 0.6) is 0 Å². The minimum absolute atomic E-state index is 0.118. The summed E-state index contributed by atoms with van der Waals surface area (Å²) in [5.74, 6) is 0.277. The molecule has 30 heavy (non-hydrogen) atoms. The Kier molecular flexibility index (Phi) is 7.46. The number of rotatable bonds is 6. The van der Waals surface area contributed by atoms with Crippen LogP contribution in [0.2, 0.25) is 0 Å². The van der Waals surface area contributed by atoms with E-state index >= 15 is 0 Å². The lowest BCUT2D eigenvalue weighted by atomic mass is 10.1. The summed E-state index contributed by atoms with van der Waals surface area (Å²) < 4.78 is 39.8. The second kappa shape index (κ2) is 9.87. The summed E-state index contributed by atoms with van der Waals surface area (Å²) in [7, 11) is 2.05. The number of alkyl halides is 3. The van der Waals surface area contributed by atoms with Crippen molar-refractivity contribution in [2.24, 2.45) is 10.7 Å². The van der Waals surface area contributed by atoms with Gasteiger partial charge in [-0.3, -0.25) is 4.90 Å². The molecule has 1 atom stereocenters. The Morgan fingerprint density at radius 2 is 1.93 bits per heavy atom. The molecule has 6 nitrogen and oxygen atoms in total. The molecule has 1 unspecified atom stereocenters. The predicted molar refractivity (Wildman–Crippen MR) is 115 cm³/mol. The Morgan fingerprint density at radius 1 is 1.20 bits per heavy atom. The van der Waals surface area contributed by atoms with Gasteiger partial charge in [-0.25, -0.2) is 4.99 Å². The molecule has 3 rings (SSSR count). The molecule has 2 aliphatic rings. The van der Waals surface area contributed by atoms with Gasteiger partial charge in [-0.15, -0.1) is 0 Å². The number of likely N-dealkylation sites (tertiary alicyclic amines) is 1. The average Bonchev–Trinajstić information content (AvgIpc) is 3.18. The third-order valence-electron chi connectivity index (χ3n) is 6.09. The molecule has 0 bridgehead atoms. The number of nitrogens with one attached hydrogen (secondary N) is 1. The number of halogens is 3. The van der Waals surface area contributed by atoms with E-state index in [9.17, 15) is 13.2 Å². The molecule has 0 saturated carbocycles. The number of piperazine rings is 1. The second-order valence-electron chi connectivity index (χ2n) is 8.14. The number of benzene rings is 1. The molecule has 2 saturated heterocycles. The number of aliphatic imine (C=N–C) groups is 1. The van der Waals surface area contributed by atoms with Crippen LogP contribution in [0.15, 0.2) is 23.2 Å². The molecule has 2 heterocycles. The van der Waals surface area contributed by atoms with E-state index < -0.39 is 11.7 Å². The molecule has 0 aliphatic carbocycles. The molecule has 0 amide bonds. The zero-order valence-electron chi connectivity index (χ0n) is 17.9. The highest BCUT2D eigenvalue weighted by molar-refractivity contribution is 5.78. The van der Waals surface area contributed by atoms with Crippen LogP contribution in [-0.2, 0) is 12.7 Å². The SMILES string of the molecule is CCN1CCCC1CNC(N)=NCc1cc(C(F)(F)F)ccc1N1CCN(C)CC1. The van der Waals surface area contributed by atoms with Crippen LogP contribution in [-0.4, -0.2) is 74.7 Å². The number of anilines is 1. The molecule has 9 heteroatoms. The maximum absolute atomic E-state index is 13.3. The van der Waals surface area contributed by atoms with Gasteiger partial charge < -0.3 is 20.9 Å². The molecule has 168 valence electrons. The Morgan fingerprint density at radius 3 is 2.60 bits per heavy atom. The van der Waals surface area contributed by atoms with Crippen LogP contribution in [0.3, 0.4) is 0 Å². The highest BCUT2D eigenvalue weighted by atomic mass is 19.4. The average molecular weight is 427 g/mol. The van der Waals surface area contributed by atoms with Crippen molar-refractivity contribution in [3.05, 3.63) is 29.3 Å². The topological polar surface area (TPSA) is 60.1 Å². The van der Waals surface area contributed by atoms with Crippen molar-refractivity contribution >= 4 is 11.6 Å². The molecule has 2 aliphatic heterocycles. The van der Waals surface area contributed by atoms with E-state index in [1.165, 1.54) is 12.5 Å². The van der Waals surface area contributed by atoms with Crippen LogP contribution >= 0.6 is 0 Å². The summed E-state index contributed by atoms with van der Waals surface area (Å²) in [6.07, 6.45) is -2.08. The normalized spacial score (nSPS) is 22.0. The van der Waals surface area contributed by atoms with Gasteiger partial charge in [0, 0.05) is 44.5 Å². The molecular weight excluding hydrogens is 393 g/mol. The quantitative estimate of drug-likeness (QED) is 0.540. The minimum atomic E-state index is -4.38. The molecule has 1 aromatic rings. The van der Waals surface area contributed by atoms with Crippen LogP contribution in [0, 0.1) is 0 Å². The Bertz CT molecular complexity index is 728. The van der Waals surface area contributed by atoms with E-state index in [0.717, 1.165) is 57.4 Å². The Balaban J connectivity index is 1.71. The number of hydrogen-bond acceptors (Lipinski definition) is 4. The lowest BCUT2D eigenvalue weighted by molar-refractivity contribution is -0.137. The standard InChI is InChI=1S/C21H33F3N6/c1-3-29-8-4-5-18(29)15-27-20(25)26-14-16-13-17(21(22,23)24)6-7-19(16)30-11-9-28(2)10-12-30/h6-7,13,18H,3-5,8-12,14-15H2,1-2H3,(H3,25,26,27). The zero-order valence-corrected chi connectivity index (χ0v) is 17.9. The lowest BCUT2D eigenvalue weighted by Crippen LogP contribution is -2.45. The summed E-state index contributed by atoms with van der Waals surface area (Å²) in [4.78, 5) is 11.1. The molecule has 0 radical (unpaired) electrons. The van der Waals surface area contributed by atoms with E-state index in [-0.39, 0.29) is 12.5 Å². The fourth-order valence-electron chi connectivity index (χ4n) is 4.24. The fourth-order valence-corrected chi connectivity index (χ4v) is 4.24. The summed E-state index contributed by atoms with van der Waals surface area (Å²) in [5.41, 5.74) is 6.74. The number of nitrogens with two attached hydrogens (primary N) is 1. The smallest absolute Gasteiger partial charge is 0.370 e. The predicted octanol–water partition coefficient (Wildman–Crippen LogP) is 2.35. The molecule has 0 aromatic heterocycles. The summed E-state index contributed by atoms with van der Waals surface area (Å²) >= 11 is 0. The van der Waals surface area contributed by atoms with Crippen molar-refractivity contribution < 1.29 is 13.2 Å². The minimum Gasteiger partial charge on any atom is -0.370 e. The Hall–Kier alpha value is -2.00. The van der Waals surface area contributed by atoms with E-state index in [2.05, 4.69) is 31.9 Å². The largest absolute Gasteiger partial charge is 0.416 e. The van der Waals surface area contributed by atoms with E-state index in [4.69, 9.17) is 5.73 Å². The molecule has 2 fully saturated rings. The monoisotopic (exact) mass is 426 g/mol. The first-order valence-corrected chi connectivity index (χ1v) is 10.7. The van der Waals surface area contributed by atoms with Crippen molar-refractivity contribution in [2.45, 2.75) is 38.5 Å². The first kappa shape index (κ1) is 22.7. The van der Waals surface area contributed by atoms with Crippen LogP contribution in [0.1, 0.15) is 30.9 Å². The van der Waals surface area contributed by atoms with Gasteiger partial charge in [-0.1, -0.05) is 6.92 Å². The van der Waals surface area contributed by atoms with Crippen molar-refractivity contribution in [3.8, 4) is 0 Å². The van der Waals surface area contributed by atoms with Gasteiger partial charge >= 0.3 is 6.18 Å². The second-order valence-corrected chi connectivity index (χ2v) is 8.14. The number of guanidine groups is 1. The van der Waals surface area contributed by atoms with E-state index in [0.29, 0.717) is 18.2 Å². The van der Waals surface area contributed by atoms with Crippen molar-refractivity contribution in [3.63, 3.8) is 0 Å². The first-order chi connectivity index (χ1) is 14.3. The zero-order chi connectivity index (χ0) is 21.7. The van der Waals surface area contributed by atoms with Crippen LogP contribution in [0.25, 0.3) is 0 Å². The molecule has 3 N–H and O–H groups in total. The van der Waals surface area contributed by atoms with Crippen molar-refractivity contribution in [2.75, 3.05) is 57.8 Å². The van der Waals surface area contributed by atoms with Gasteiger partial charge in [0.25, 0.3) is 0 Å². The van der Waals surface area contributed by atoms with Crippen LogP contribution in [0.4, 0.5) is 18.9 Å². The van der Waals surface area contributed by atoms with Gasteiger partial charge in [0.15, 0.2) is 5.96 Å². The summed E-state index contributed by atoms with van der Waals surface area (Å²) in [6, 6.07) is 4.36. The van der Waals surface area contributed by atoms with Gasteiger partial charge in [0.2, 0.25) is 0 Å². The first-order valence-electron chi connectivity index (χ1n) is 10.7. The van der Waals surface area contributed by atoms with E-state index in [1.54, 1.807) is 6.07 Å². The molecule has 1 aromatic carbocycles. The maximum atomic E-state index is 13.3. The molecule has 0 spiro atoms. The fraction of sp³-hybridized carbons (Fsp3) is 0.667. The lowest BCUT2D eigenvalue weighted by Gasteiger charge is -2.35. The van der Waals surface area contributed by atoms with Gasteiger partial charge in [0.1, 0.15) is 0 Å². The summed E-state index contributed by atoms with van der Waals surface area (Å²) in [6.45, 7) is 8.38.